The average Bonchev–Trinajstić information content (AvgIpc) is 2.70. The van der Waals surface area contributed by atoms with Crippen LogP contribution in [0.15, 0.2) is 42.5 Å². The summed E-state index contributed by atoms with van der Waals surface area (Å²) < 4.78 is 21.5. The first kappa shape index (κ1) is 18.2. The van der Waals surface area contributed by atoms with Gasteiger partial charge in [0, 0.05) is 18.2 Å². The van der Waals surface area contributed by atoms with Crippen molar-refractivity contribution in [1.29, 1.82) is 0 Å². The van der Waals surface area contributed by atoms with Crippen LogP contribution in [0.5, 0.6) is 17.2 Å². The molecule has 0 atom stereocenters. The van der Waals surface area contributed by atoms with E-state index in [2.05, 4.69) is 0 Å². The quantitative estimate of drug-likeness (QED) is 0.333. The van der Waals surface area contributed by atoms with Crippen LogP contribution in [0.25, 0.3) is 6.08 Å². The van der Waals surface area contributed by atoms with Gasteiger partial charge in [-0.3, -0.25) is 10.1 Å². The highest BCUT2D eigenvalue weighted by molar-refractivity contribution is 5.87. The van der Waals surface area contributed by atoms with E-state index in [0.717, 1.165) is 0 Å². The molecule has 0 unspecified atom stereocenters. The first-order valence-corrected chi connectivity index (χ1v) is 8.12. The molecule has 8 nitrogen and oxygen atoms in total. The highest BCUT2D eigenvalue weighted by Crippen LogP contribution is 2.40. The van der Waals surface area contributed by atoms with Crippen LogP contribution in [-0.2, 0) is 16.1 Å². The Morgan fingerprint density at radius 2 is 1.96 bits per heavy atom. The van der Waals surface area contributed by atoms with Crippen molar-refractivity contribution in [2.24, 2.45) is 0 Å². The molecule has 0 aromatic heterocycles. The Bertz CT molecular complexity index is 857. The van der Waals surface area contributed by atoms with E-state index in [1.807, 2.05) is 0 Å². The molecular weight excluding hydrogens is 354 g/mol. The van der Waals surface area contributed by atoms with Crippen molar-refractivity contribution >= 4 is 17.7 Å². The summed E-state index contributed by atoms with van der Waals surface area (Å²) in [5.41, 5.74) is 1.34. The van der Waals surface area contributed by atoms with Crippen LogP contribution in [0.1, 0.15) is 11.1 Å². The Labute approximate surface area is 155 Å². The molecule has 0 spiro atoms. The summed E-state index contributed by atoms with van der Waals surface area (Å²) >= 11 is 0. The summed E-state index contributed by atoms with van der Waals surface area (Å²) in [6.45, 7) is 0.916. The molecule has 3 rings (SSSR count). The van der Waals surface area contributed by atoms with E-state index >= 15 is 0 Å². The van der Waals surface area contributed by atoms with Gasteiger partial charge in [-0.1, -0.05) is 0 Å². The standard InChI is InChI=1S/C19H17NO7/c1-24-16-10-14(11-17-19(16)26-9-8-25-17)4-7-18(21)27-12-13-2-5-15(6-3-13)20(22)23/h2-7,10-11H,8-9,12H2,1H3/b7-4+. The van der Waals surface area contributed by atoms with Gasteiger partial charge in [0.25, 0.3) is 5.69 Å². The number of hydrogen-bond donors (Lipinski definition) is 0. The predicted molar refractivity (Wildman–Crippen MR) is 95.9 cm³/mol. The average molecular weight is 371 g/mol. The Hall–Kier alpha value is -3.55. The number of methoxy groups -OCH3 is 1. The third-order valence-corrected chi connectivity index (χ3v) is 3.79. The SMILES string of the molecule is COc1cc(/C=C/C(=O)OCc2ccc([N+](=O)[O-])cc2)cc2c1OCCO2. The number of nitrogens with zero attached hydrogens (tertiary/aromatic N) is 1. The zero-order valence-corrected chi connectivity index (χ0v) is 14.5. The zero-order chi connectivity index (χ0) is 19.2. The maximum Gasteiger partial charge on any atom is 0.331 e. The van der Waals surface area contributed by atoms with E-state index in [4.69, 9.17) is 18.9 Å². The van der Waals surface area contributed by atoms with Crippen molar-refractivity contribution in [2.45, 2.75) is 6.61 Å². The molecule has 8 heteroatoms. The van der Waals surface area contributed by atoms with Crippen LogP contribution in [0.3, 0.4) is 0 Å². The van der Waals surface area contributed by atoms with Gasteiger partial charge in [-0.2, -0.15) is 0 Å². The van der Waals surface area contributed by atoms with Gasteiger partial charge < -0.3 is 18.9 Å². The lowest BCUT2D eigenvalue weighted by molar-refractivity contribution is -0.384. The van der Waals surface area contributed by atoms with E-state index in [1.165, 1.54) is 25.3 Å². The van der Waals surface area contributed by atoms with E-state index < -0.39 is 10.9 Å². The lowest BCUT2D eigenvalue weighted by Crippen LogP contribution is -2.16. The largest absolute Gasteiger partial charge is 0.493 e. The maximum absolute atomic E-state index is 11.9. The Morgan fingerprint density at radius 3 is 2.67 bits per heavy atom. The fourth-order valence-electron chi connectivity index (χ4n) is 2.47. The Morgan fingerprint density at radius 1 is 1.22 bits per heavy atom. The number of benzene rings is 2. The van der Waals surface area contributed by atoms with Crippen molar-refractivity contribution in [2.75, 3.05) is 20.3 Å². The summed E-state index contributed by atoms with van der Waals surface area (Å²) in [6.07, 6.45) is 2.87. The fraction of sp³-hybridized carbons (Fsp3) is 0.211. The molecule has 0 N–H and O–H groups in total. The predicted octanol–water partition coefficient (Wildman–Crippen LogP) is 3.13. The van der Waals surface area contributed by atoms with Crippen LogP contribution in [-0.4, -0.2) is 31.2 Å². The van der Waals surface area contributed by atoms with Gasteiger partial charge in [0.05, 0.1) is 12.0 Å². The van der Waals surface area contributed by atoms with Gasteiger partial charge in [-0.25, -0.2) is 4.79 Å². The summed E-state index contributed by atoms with van der Waals surface area (Å²) in [5.74, 6) is 1.08. The van der Waals surface area contributed by atoms with E-state index in [-0.39, 0.29) is 12.3 Å². The number of carbonyl (C=O) groups excluding carboxylic acids is 1. The van der Waals surface area contributed by atoms with Crippen LogP contribution in [0.2, 0.25) is 0 Å². The highest BCUT2D eigenvalue weighted by Gasteiger charge is 2.17. The number of esters is 1. The van der Waals surface area contributed by atoms with E-state index in [9.17, 15) is 14.9 Å². The van der Waals surface area contributed by atoms with Crippen LogP contribution >= 0.6 is 0 Å². The summed E-state index contributed by atoms with van der Waals surface area (Å²) in [5, 5.41) is 10.6. The van der Waals surface area contributed by atoms with Crippen LogP contribution in [0, 0.1) is 10.1 Å². The van der Waals surface area contributed by atoms with Gasteiger partial charge in [-0.05, 0) is 41.5 Å². The smallest absolute Gasteiger partial charge is 0.331 e. The number of nitro groups is 1. The highest BCUT2D eigenvalue weighted by atomic mass is 16.6. The molecule has 27 heavy (non-hydrogen) atoms. The second kappa shape index (κ2) is 8.22. The van der Waals surface area contributed by atoms with Gasteiger partial charge in [0.1, 0.15) is 19.8 Å². The number of fused-ring (bicyclic) bond motifs is 1. The second-order valence-corrected chi connectivity index (χ2v) is 5.61. The molecule has 0 fully saturated rings. The molecular formula is C19H17NO7. The van der Waals surface area contributed by atoms with Crippen molar-refractivity contribution in [3.8, 4) is 17.2 Å². The topological polar surface area (TPSA) is 97.1 Å². The minimum absolute atomic E-state index is 0.0162. The second-order valence-electron chi connectivity index (χ2n) is 5.61. The molecule has 2 aromatic carbocycles. The van der Waals surface area contributed by atoms with Gasteiger partial charge >= 0.3 is 5.97 Å². The van der Waals surface area contributed by atoms with Gasteiger partial charge in [0.15, 0.2) is 11.5 Å². The first-order valence-electron chi connectivity index (χ1n) is 8.12. The number of non-ortho nitro benzene ring substituents is 1. The third-order valence-electron chi connectivity index (χ3n) is 3.79. The Kier molecular flexibility index (Phi) is 5.55. The number of hydrogen-bond acceptors (Lipinski definition) is 7. The molecule has 0 saturated carbocycles. The molecule has 0 radical (unpaired) electrons. The first-order chi connectivity index (χ1) is 13.1. The molecule has 140 valence electrons. The Balaban J connectivity index is 1.62. The lowest BCUT2D eigenvalue weighted by atomic mass is 10.1. The van der Waals surface area contributed by atoms with Crippen molar-refractivity contribution in [3.05, 3.63) is 63.7 Å². The number of carbonyl (C=O) groups is 1. The number of nitro benzene ring substituents is 1. The monoisotopic (exact) mass is 371 g/mol. The van der Waals surface area contributed by atoms with Crippen molar-refractivity contribution in [1.82, 2.24) is 0 Å². The minimum atomic E-state index is -0.540. The fourth-order valence-corrected chi connectivity index (χ4v) is 2.47. The summed E-state index contributed by atoms with van der Waals surface area (Å²) in [6, 6.07) is 9.29. The lowest BCUT2D eigenvalue weighted by Gasteiger charge is -2.20. The van der Waals surface area contributed by atoms with E-state index in [1.54, 1.807) is 30.3 Å². The van der Waals surface area contributed by atoms with Crippen LogP contribution < -0.4 is 14.2 Å². The molecule has 2 aromatic rings. The number of rotatable bonds is 6. The molecule has 1 heterocycles. The van der Waals surface area contributed by atoms with Crippen molar-refractivity contribution < 1.29 is 28.7 Å². The minimum Gasteiger partial charge on any atom is -0.493 e. The molecule has 0 bridgehead atoms. The zero-order valence-electron chi connectivity index (χ0n) is 14.5. The van der Waals surface area contributed by atoms with Crippen molar-refractivity contribution in [3.63, 3.8) is 0 Å². The maximum atomic E-state index is 11.9. The molecule has 0 aliphatic carbocycles. The molecule has 1 aliphatic heterocycles. The third kappa shape index (κ3) is 4.55. The van der Waals surface area contributed by atoms with Crippen LogP contribution in [0.4, 0.5) is 5.69 Å². The van der Waals surface area contributed by atoms with E-state index in [0.29, 0.717) is 41.6 Å². The summed E-state index contributed by atoms with van der Waals surface area (Å²) in [4.78, 5) is 22.0. The van der Waals surface area contributed by atoms with Gasteiger partial charge in [-0.15, -0.1) is 0 Å². The molecule has 0 saturated heterocycles. The van der Waals surface area contributed by atoms with Gasteiger partial charge in [0.2, 0.25) is 5.75 Å². The normalized spacial score (nSPS) is 12.6. The molecule has 0 amide bonds. The summed E-state index contributed by atoms with van der Waals surface area (Å²) in [7, 11) is 1.53. The molecule has 1 aliphatic rings. The number of ether oxygens (including phenoxy) is 4.